The van der Waals surface area contributed by atoms with Crippen molar-refractivity contribution in [3.05, 3.63) is 29.6 Å². The summed E-state index contributed by atoms with van der Waals surface area (Å²) < 4.78 is 12.9. The van der Waals surface area contributed by atoms with Gasteiger partial charge in [0.05, 0.1) is 5.92 Å². The predicted molar refractivity (Wildman–Crippen MR) is 51.6 cm³/mol. The third-order valence-electron chi connectivity index (χ3n) is 2.40. The van der Waals surface area contributed by atoms with Gasteiger partial charge in [0.2, 0.25) is 11.8 Å². The van der Waals surface area contributed by atoms with Gasteiger partial charge < -0.3 is 11.1 Å². The van der Waals surface area contributed by atoms with Gasteiger partial charge in [0.25, 0.3) is 0 Å². The lowest BCUT2D eigenvalue weighted by atomic mass is 9.90. The van der Waals surface area contributed by atoms with Gasteiger partial charge in [-0.1, -0.05) is 6.07 Å². The molecule has 1 heterocycles. The van der Waals surface area contributed by atoms with Crippen molar-refractivity contribution in [2.45, 2.75) is 12.3 Å². The number of amides is 2. The molecular weight excluding hydrogens is 199 g/mol. The highest BCUT2D eigenvalue weighted by molar-refractivity contribution is 6.00. The summed E-state index contributed by atoms with van der Waals surface area (Å²) in [6.45, 7) is 0. The number of nitrogens with two attached hydrogens (primary N) is 1. The quantitative estimate of drug-likeness (QED) is 0.714. The number of benzene rings is 1. The molecule has 0 bridgehead atoms. The van der Waals surface area contributed by atoms with E-state index in [4.69, 9.17) is 5.73 Å². The number of fused-ring (bicyclic) bond motifs is 1. The lowest BCUT2D eigenvalue weighted by molar-refractivity contribution is -0.124. The number of hydrogen-bond acceptors (Lipinski definition) is 2. The molecule has 78 valence electrons. The van der Waals surface area contributed by atoms with Crippen molar-refractivity contribution >= 4 is 17.5 Å². The van der Waals surface area contributed by atoms with Crippen LogP contribution in [-0.4, -0.2) is 11.8 Å². The summed E-state index contributed by atoms with van der Waals surface area (Å²) in [6.07, 6.45) is 0.0218. The molecule has 0 aromatic heterocycles. The lowest BCUT2D eigenvalue weighted by Crippen LogP contribution is -2.31. The Morgan fingerprint density at radius 1 is 1.53 bits per heavy atom. The maximum Gasteiger partial charge on any atom is 0.225 e. The fraction of sp³-hybridized carbons (Fsp3) is 0.200. The number of hydrogen-bond donors (Lipinski definition) is 2. The molecule has 0 saturated heterocycles. The summed E-state index contributed by atoms with van der Waals surface area (Å²) in [5.74, 6) is -2.01. The minimum atomic E-state index is -0.658. The van der Waals surface area contributed by atoms with Crippen LogP contribution in [0.4, 0.5) is 10.1 Å². The highest BCUT2D eigenvalue weighted by atomic mass is 19.1. The van der Waals surface area contributed by atoms with Gasteiger partial charge in [-0.25, -0.2) is 4.39 Å². The normalized spacial score (nSPS) is 19.3. The zero-order chi connectivity index (χ0) is 11.0. The molecule has 1 atom stereocenters. The standard InChI is InChI=1S/C10H9FN2O2/c11-5-1-2-6-7(10(12)15)4-9(14)13-8(6)3-5/h1-3,7H,4H2,(H2,12,15)(H,13,14). The van der Waals surface area contributed by atoms with E-state index in [1.807, 2.05) is 0 Å². The van der Waals surface area contributed by atoms with Crippen molar-refractivity contribution in [2.24, 2.45) is 5.73 Å². The van der Waals surface area contributed by atoms with Crippen LogP contribution in [0.5, 0.6) is 0 Å². The first-order valence-electron chi connectivity index (χ1n) is 4.46. The van der Waals surface area contributed by atoms with Crippen LogP contribution in [-0.2, 0) is 9.59 Å². The molecule has 5 heteroatoms. The molecule has 1 unspecified atom stereocenters. The van der Waals surface area contributed by atoms with Crippen LogP contribution in [0.15, 0.2) is 18.2 Å². The average molecular weight is 208 g/mol. The van der Waals surface area contributed by atoms with Crippen LogP contribution < -0.4 is 11.1 Å². The predicted octanol–water partition coefficient (Wildman–Crippen LogP) is 0.737. The molecule has 0 saturated carbocycles. The second kappa shape index (κ2) is 3.34. The summed E-state index contributed by atoms with van der Waals surface area (Å²) in [5.41, 5.74) is 6.07. The number of carbonyl (C=O) groups excluding carboxylic acids is 2. The Morgan fingerprint density at radius 2 is 2.27 bits per heavy atom. The summed E-state index contributed by atoms with van der Waals surface area (Å²) in [7, 11) is 0. The molecule has 1 aliphatic heterocycles. The molecule has 0 fully saturated rings. The molecular formula is C10H9FN2O2. The van der Waals surface area contributed by atoms with Gasteiger partial charge in [-0.15, -0.1) is 0 Å². The van der Waals surface area contributed by atoms with E-state index in [0.29, 0.717) is 11.3 Å². The van der Waals surface area contributed by atoms with E-state index < -0.39 is 17.6 Å². The first kappa shape index (κ1) is 9.64. The molecule has 0 radical (unpaired) electrons. The fourth-order valence-electron chi connectivity index (χ4n) is 1.69. The summed E-state index contributed by atoms with van der Waals surface area (Å²) >= 11 is 0. The number of nitrogens with one attached hydrogen (secondary N) is 1. The molecule has 0 spiro atoms. The Hall–Kier alpha value is -1.91. The first-order valence-corrected chi connectivity index (χ1v) is 4.46. The Labute approximate surface area is 85.3 Å². The van der Waals surface area contributed by atoms with E-state index in [9.17, 15) is 14.0 Å². The van der Waals surface area contributed by atoms with E-state index in [0.717, 1.165) is 0 Å². The van der Waals surface area contributed by atoms with Gasteiger partial charge in [0.15, 0.2) is 0 Å². The number of primary amides is 1. The lowest BCUT2D eigenvalue weighted by Gasteiger charge is -2.23. The van der Waals surface area contributed by atoms with Crippen LogP contribution in [0.1, 0.15) is 17.9 Å². The number of carbonyl (C=O) groups is 2. The number of halogens is 1. The van der Waals surface area contributed by atoms with Gasteiger partial charge in [0.1, 0.15) is 5.82 Å². The summed E-state index contributed by atoms with van der Waals surface area (Å²) in [5, 5.41) is 2.50. The topological polar surface area (TPSA) is 72.2 Å². The van der Waals surface area contributed by atoms with Gasteiger partial charge in [-0.05, 0) is 17.7 Å². The van der Waals surface area contributed by atoms with Crippen molar-refractivity contribution in [3.63, 3.8) is 0 Å². The highest BCUT2D eigenvalue weighted by Gasteiger charge is 2.29. The number of rotatable bonds is 1. The molecule has 15 heavy (non-hydrogen) atoms. The first-order chi connectivity index (χ1) is 7.08. The van der Waals surface area contributed by atoms with Crippen molar-refractivity contribution in [2.75, 3.05) is 5.32 Å². The molecule has 4 nitrogen and oxygen atoms in total. The minimum absolute atomic E-state index is 0.0218. The zero-order valence-corrected chi connectivity index (χ0v) is 7.79. The molecule has 2 amide bonds. The minimum Gasteiger partial charge on any atom is -0.369 e. The summed E-state index contributed by atoms with van der Waals surface area (Å²) in [4.78, 5) is 22.3. The van der Waals surface area contributed by atoms with Crippen molar-refractivity contribution in [3.8, 4) is 0 Å². The Bertz CT molecular complexity index is 445. The molecule has 0 aliphatic carbocycles. The van der Waals surface area contributed by atoms with E-state index in [1.165, 1.54) is 18.2 Å². The van der Waals surface area contributed by atoms with Gasteiger partial charge >= 0.3 is 0 Å². The molecule has 3 N–H and O–H groups in total. The van der Waals surface area contributed by atoms with Crippen LogP contribution in [0.2, 0.25) is 0 Å². The van der Waals surface area contributed by atoms with E-state index in [1.54, 1.807) is 0 Å². The van der Waals surface area contributed by atoms with Gasteiger partial charge in [-0.2, -0.15) is 0 Å². The van der Waals surface area contributed by atoms with Gasteiger partial charge in [0, 0.05) is 12.1 Å². The molecule has 1 aromatic carbocycles. The smallest absolute Gasteiger partial charge is 0.225 e. The van der Waals surface area contributed by atoms with E-state index in [2.05, 4.69) is 5.32 Å². The maximum atomic E-state index is 12.9. The van der Waals surface area contributed by atoms with Crippen LogP contribution in [0.25, 0.3) is 0 Å². The fourth-order valence-corrected chi connectivity index (χ4v) is 1.69. The zero-order valence-electron chi connectivity index (χ0n) is 7.79. The van der Waals surface area contributed by atoms with Crippen molar-refractivity contribution in [1.82, 2.24) is 0 Å². The van der Waals surface area contributed by atoms with E-state index >= 15 is 0 Å². The monoisotopic (exact) mass is 208 g/mol. The van der Waals surface area contributed by atoms with Crippen LogP contribution >= 0.6 is 0 Å². The second-order valence-electron chi connectivity index (χ2n) is 3.44. The third-order valence-corrected chi connectivity index (χ3v) is 2.40. The Balaban J connectivity index is 2.51. The average Bonchev–Trinajstić information content (AvgIpc) is 2.15. The molecule has 1 aliphatic rings. The van der Waals surface area contributed by atoms with Crippen molar-refractivity contribution in [1.29, 1.82) is 0 Å². The number of anilines is 1. The van der Waals surface area contributed by atoms with E-state index in [-0.39, 0.29) is 12.3 Å². The SMILES string of the molecule is NC(=O)C1CC(=O)Nc2cc(F)ccc21. The van der Waals surface area contributed by atoms with Gasteiger partial charge in [-0.3, -0.25) is 9.59 Å². The van der Waals surface area contributed by atoms with Crippen LogP contribution in [0, 0.1) is 5.82 Å². The van der Waals surface area contributed by atoms with Crippen molar-refractivity contribution < 1.29 is 14.0 Å². The highest BCUT2D eigenvalue weighted by Crippen LogP contribution is 2.32. The maximum absolute atomic E-state index is 12.9. The molecule has 1 aromatic rings. The Morgan fingerprint density at radius 3 is 2.93 bits per heavy atom. The Kier molecular flexibility index (Phi) is 2.15. The third kappa shape index (κ3) is 1.68. The molecule has 2 rings (SSSR count). The largest absolute Gasteiger partial charge is 0.369 e. The summed E-state index contributed by atoms with van der Waals surface area (Å²) in [6, 6.07) is 3.90. The second-order valence-corrected chi connectivity index (χ2v) is 3.44. The van der Waals surface area contributed by atoms with Crippen LogP contribution in [0.3, 0.4) is 0 Å².